The minimum Gasteiger partial charge on any atom is -0.507 e. The van der Waals surface area contributed by atoms with Crippen LogP contribution in [0.5, 0.6) is 11.5 Å². The number of carbonyl (C=O) groups excluding carboxylic acids is 2. The number of ether oxygens (including phenoxy) is 1. The van der Waals surface area contributed by atoms with Gasteiger partial charge in [-0.1, -0.05) is 11.6 Å². The minimum atomic E-state index is -0.514. The van der Waals surface area contributed by atoms with E-state index in [1.54, 1.807) is 0 Å². The van der Waals surface area contributed by atoms with Gasteiger partial charge in [0.2, 0.25) is 0 Å². The number of hydrogen-bond donors (Lipinski definition) is 2. The van der Waals surface area contributed by atoms with Crippen molar-refractivity contribution < 1.29 is 24.5 Å². The largest absolute Gasteiger partial charge is 0.507 e. The van der Waals surface area contributed by atoms with E-state index in [0.717, 1.165) is 17.7 Å². The predicted octanol–water partition coefficient (Wildman–Crippen LogP) is 3.47. The molecule has 0 unspecified atom stereocenters. The fraction of sp³-hybridized carbons (Fsp3) is 0.333. The van der Waals surface area contributed by atoms with Crippen LogP contribution in [0, 0.1) is 0 Å². The maximum Gasteiger partial charge on any atom is 0.190 e. The summed E-state index contributed by atoms with van der Waals surface area (Å²) in [7, 11) is 0. The lowest BCUT2D eigenvalue weighted by molar-refractivity contribution is 0.0625. The first-order valence-electron chi connectivity index (χ1n) is 7.47. The Morgan fingerprint density at radius 1 is 1.17 bits per heavy atom. The molecular weight excluding hydrogens is 296 g/mol. The molecule has 2 N–H and O–H groups in total. The maximum absolute atomic E-state index is 12.0. The standard InChI is InChI=1S/C18H20O5/c1-4-23-15(8-5-10(2)3)11-9-14(21)16-12(19)6-7-13(20)17(16)18(11)22/h5-7,9,15,21-22H,4,8H2,1-3H3/t15-/m1/s1. The molecule has 0 radical (unpaired) electrons. The summed E-state index contributed by atoms with van der Waals surface area (Å²) in [4.78, 5) is 23.9. The molecule has 0 saturated carbocycles. The second-order valence-corrected chi connectivity index (χ2v) is 5.61. The lowest BCUT2D eigenvalue weighted by Crippen LogP contribution is -2.14. The summed E-state index contributed by atoms with van der Waals surface area (Å²) in [6.45, 7) is 6.12. The molecule has 0 amide bonds. The SMILES string of the molecule is CCO[C@H](CC=C(C)C)c1cc(O)c2c(c1O)C(=O)C=CC2=O. The fourth-order valence-corrected chi connectivity index (χ4v) is 2.56. The zero-order valence-electron chi connectivity index (χ0n) is 13.4. The van der Waals surface area contributed by atoms with Gasteiger partial charge >= 0.3 is 0 Å². The number of ketones is 2. The van der Waals surface area contributed by atoms with Crippen molar-refractivity contribution >= 4 is 11.6 Å². The monoisotopic (exact) mass is 316 g/mol. The molecule has 0 fully saturated rings. The van der Waals surface area contributed by atoms with Crippen LogP contribution in [0.4, 0.5) is 0 Å². The van der Waals surface area contributed by atoms with E-state index >= 15 is 0 Å². The lowest BCUT2D eigenvalue weighted by atomic mass is 9.89. The van der Waals surface area contributed by atoms with Crippen molar-refractivity contribution in [2.45, 2.75) is 33.3 Å². The normalized spacial score (nSPS) is 14.6. The van der Waals surface area contributed by atoms with Crippen molar-refractivity contribution in [3.63, 3.8) is 0 Å². The molecule has 0 aliphatic heterocycles. The fourth-order valence-electron chi connectivity index (χ4n) is 2.56. The van der Waals surface area contributed by atoms with Crippen LogP contribution in [0.3, 0.4) is 0 Å². The summed E-state index contributed by atoms with van der Waals surface area (Å²) < 4.78 is 5.64. The minimum absolute atomic E-state index is 0.156. The van der Waals surface area contributed by atoms with Crippen LogP contribution in [0.2, 0.25) is 0 Å². The molecule has 0 saturated heterocycles. The first kappa shape index (κ1) is 17.0. The van der Waals surface area contributed by atoms with Crippen molar-refractivity contribution in [2.75, 3.05) is 6.61 Å². The van der Waals surface area contributed by atoms with Crippen LogP contribution in [0.25, 0.3) is 0 Å². The molecule has 1 aliphatic rings. The highest BCUT2D eigenvalue weighted by Gasteiger charge is 2.30. The molecule has 5 heteroatoms. The van der Waals surface area contributed by atoms with Crippen LogP contribution in [-0.4, -0.2) is 28.4 Å². The number of fused-ring (bicyclic) bond motifs is 1. The van der Waals surface area contributed by atoms with Gasteiger partial charge in [-0.25, -0.2) is 0 Å². The highest BCUT2D eigenvalue weighted by molar-refractivity contribution is 6.24. The molecule has 0 spiro atoms. The summed E-state index contributed by atoms with van der Waals surface area (Å²) in [5.74, 6) is -1.64. The van der Waals surface area contributed by atoms with Crippen molar-refractivity contribution in [2.24, 2.45) is 0 Å². The van der Waals surface area contributed by atoms with Crippen molar-refractivity contribution in [3.05, 3.63) is 46.6 Å². The van der Waals surface area contributed by atoms with Crippen molar-refractivity contribution in [1.29, 1.82) is 0 Å². The number of benzene rings is 1. The summed E-state index contributed by atoms with van der Waals surface area (Å²) in [5.41, 5.74) is 1.08. The number of carbonyl (C=O) groups is 2. The molecule has 2 rings (SSSR count). The number of allylic oxidation sites excluding steroid dienone is 3. The Bertz CT molecular complexity index is 709. The zero-order valence-corrected chi connectivity index (χ0v) is 13.4. The van der Waals surface area contributed by atoms with Crippen LogP contribution in [-0.2, 0) is 4.74 Å². The molecule has 1 aromatic rings. The van der Waals surface area contributed by atoms with E-state index in [-0.39, 0.29) is 22.6 Å². The van der Waals surface area contributed by atoms with Crippen molar-refractivity contribution in [1.82, 2.24) is 0 Å². The van der Waals surface area contributed by atoms with Crippen LogP contribution < -0.4 is 0 Å². The summed E-state index contributed by atoms with van der Waals surface area (Å²) in [5, 5.41) is 20.6. The number of phenols is 2. The average molecular weight is 316 g/mol. The van der Waals surface area contributed by atoms with E-state index < -0.39 is 17.7 Å². The molecular formula is C18H20O5. The van der Waals surface area contributed by atoms with Gasteiger partial charge in [-0.2, -0.15) is 0 Å². The molecule has 0 heterocycles. The second kappa shape index (κ2) is 6.79. The molecule has 1 atom stereocenters. The topological polar surface area (TPSA) is 83.8 Å². The highest BCUT2D eigenvalue weighted by atomic mass is 16.5. The summed E-state index contributed by atoms with van der Waals surface area (Å²) >= 11 is 0. The summed E-state index contributed by atoms with van der Waals surface area (Å²) in [6, 6.07) is 1.30. The highest BCUT2D eigenvalue weighted by Crippen LogP contribution is 2.40. The van der Waals surface area contributed by atoms with Gasteiger partial charge < -0.3 is 14.9 Å². The Balaban J connectivity index is 2.58. The Morgan fingerprint density at radius 3 is 2.35 bits per heavy atom. The van der Waals surface area contributed by atoms with Crippen LogP contribution in [0.15, 0.2) is 29.9 Å². The Kier molecular flexibility index (Phi) is 5.01. The number of rotatable bonds is 5. The van der Waals surface area contributed by atoms with Gasteiger partial charge in [-0.3, -0.25) is 9.59 Å². The van der Waals surface area contributed by atoms with Gasteiger partial charge in [-0.15, -0.1) is 0 Å². The Labute approximate surface area is 134 Å². The van der Waals surface area contributed by atoms with E-state index in [1.807, 2.05) is 26.8 Å². The van der Waals surface area contributed by atoms with Gasteiger partial charge in [0.15, 0.2) is 11.6 Å². The smallest absolute Gasteiger partial charge is 0.190 e. The first-order chi connectivity index (χ1) is 10.9. The third-order valence-corrected chi connectivity index (χ3v) is 3.64. The molecule has 5 nitrogen and oxygen atoms in total. The van der Waals surface area contributed by atoms with Gasteiger partial charge in [-0.05, 0) is 45.4 Å². The maximum atomic E-state index is 12.0. The average Bonchev–Trinajstić information content (AvgIpc) is 2.49. The van der Waals surface area contributed by atoms with E-state index in [2.05, 4.69) is 0 Å². The second-order valence-electron chi connectivity index (χ2n) is 5.61. The van der Waals surface area contributed by atoms with Gasteiger partial charge in [0.1, 0.15) is 11.5 Å². The van der Waals surface area contributed by atoms with Crippen molar-refractivity contribution in [3.8, 4) is 11.5 Å². The molecule has 0 aromatic heterocycles. The Morgan fingerprint density at radius 2 is 1.78 bits per heavy atom. The van der Waals surface area contributed by atoms with Gasteiger partial charge in [0.05, 0.1) is 17.2 Å². The molecule has 0 bridgehead atoms. The van der Waals surface area contributed by atoms with Crippen LogP contribution in [0.1, 0.15) is 59.6 Å². The van der Waals surface area contributed by atoms with E-state index in [9.17, 15) is 19.8 Å². The van der Waals surface area contributed by atoms with Gasteiger partial charge in [0, 0.05) is 12.2 Å². The number of phenolic OH excluding ortho intramolecular Hbond substituents is 2. The molecule has 1 aromatic carbocycles. The van der Waals surface area contributed by atoms with Gasteiger partial charge in [0.25, 0.3) is 0 Å². The molecule has 122 valence electrons. The predicted molar refractivity (Wildman–Crippen MR) is 86.0 cm³/mol. The quantitative estimate of drug-likeness (QED) is 0.642. The number of hydrogen-bond acceptors (Lipinski definition) is 5. The van der Waals surface area contributed by atoms with E-state index in [4.69, 9.17) is 4.74 Å². The molecule has 23 heavy (non-hydrogen) atoms. The molecule has 1 aliphatic carbocycles. The summed E-state index contributed by atoms with van der Waals surface area (Å²) in [6.07, 6.45) is 4.11. The van der Waals surface area contributed by atoms with E-state index in [1.165, 1.54) is 6.07 Å². The Hall–Kier alpha value is -2.40. The lowest BCUT2D eigenvalue weighted by Gasteiger charge is -2.21. The van der Waals surface area contributed by atoms with E-state index in [0.29, 0.717) is 18.6 Å². The number of aromatic hydroxyl groups is 2. The third kappa shape index (κ3) is 3.35. The van der Waals surface area contributed by atoms with Crippen LogP contribution >= 0.6 is 0 Å². The zero-order chi connectivity index (χ0) is 17.1. The first-order valence-corrected chi connectivity index (χ1v) is 7.47. The third-order valence-electron chi connectivity index (χ3n) is 3.64.